The lowest BCUT2D eigenvalue weighted by atomic mass is 9.88. The van der Waals surface area contributed by atoms with Crippen LogP contribution >= 0.6 is 0 Å². The normalized spacial score (nSPS) is 18.4. The Morgan fingerprint density at radius 1 is 1.20 bits per heavy atom. The summed E-state index contributed by atoms with van der Waals surface area (Å²) >= 11 is 0. The van der Waals surface area contributed by atoms with E-state index in [1.54, 1.807) is 0 Å². The summed E-state index contributed by atoms with van der Waals surface area (Å²) in [6, 6.07) is 9.23. The van der Waals surface area contributed by atoms with Crippen LogP contribution in [0.4, 0.5) is 0 Å². The van der Waals surface area contributed by atoms with Gasteiger partial charge in [-0.3, -0.25) is 4.79 Å². The van der Waals surface area contributed by atoms with Crippen LogP contribution in [-0.4, -0.2) is 25.0 Å². The lowest BCUT2D eigenvalue weighted by molar-refractivity contribution is -0.128. The minimum Gasteiger partial charge on any atom is -0.354 e. The van der Waals surface area contributed by atoms with Crippen molar-refractivity contribution in [3.8, 4) is 0 Å². The summed E-state index contributed by atoms with van der Waals surface area (Å²) in [4.78, 5) is 11.7. The van der Waals surface area contributed by atoms with E-state index >= 15 is 0 Å². The molecule has 0 heterocycles. The quantitative estimate of drug-likeness (QED) is 0.827. The average Bonchev–Trinajstić information content (AvgIpc) is 2.42. The van der Waals surface area contributed by atoms with Gasteiger partial charge < -0.3 is 10.6 Å². The third kappa shape index (κ3) is 4.07. The number of benzene rings is 1. The maximum Gasteiger partial charge on any atom is 0.225 e. The molecule has 2 rings (SSSR count). The van der Waals surface area contributed by atoms with Gasteiger partial charge in [-0.1, -0.05) is 45.0 Å². The number of hydrogen-bond donors (Lipinski definition) is 2. The summed E-state index contributed by atoms with van der Waals surface area (Å²) in [5, 5.41) is 6.53. The van der Waals surface area contributed by atoms with Crippen molar-refractivity contribution < 1.29 is 4.79 Å². The summed E-state index contributed by atoms with van der Waals surface area (Å²) in [6.45, 7) is 7.36. The number of hydrogen-bond acceptors (Lipinski definition) is 2. The van der Waals surface area contributed by atoms with Gasteiger partial charge in [-0.25, -0.2) is 0 Å². The number of carbonyl (C=O) groups excluding carboxylic acids is 1. The molecule has 0 aliphatic heterocycles. The predicted molar refractivity (Wildman–Crippen MR) is 82.7 cm³/mol. The minimum absolute atomic E-state index is 0.119. The van der Waals surface area contributed by atoms with Gasteiger partial charge in [-0.05, 0) is 30.4 Å². The summed E-state index contributed by atoms with van der Waals surface area (Å²) in [5.41, 5.74) is 2.66. The Hall–Kier alpha value is -1.35. The second-order valence-electron chi connectivity index (χ2n) is 6.67. The number of nitrogens with one attached hydrogen (secondary N) is 2. The number of aryl methyl sites for hydroxylation is 1. The molecule has 3 heteroatoms. The Morgan fingerprint density at radius 3 is 2.60 bits per heavy atom. The molecular weight excluding hydrogens is 248 g/mol. The molecule has 1 amide bonds. The van der Waals surface area contributed by atoms with Crippen LogP contribution in [-0.2, 0) is 17.6 Å². The van der Waals surface area contributed by atoms with Crippen LogP contribution in [0.5, 0.6) is 0 Å². The van der Waals surface area contributed by atoms with E-state index in [2.05, 4.69) is 34.9 Å². The Labute approximate surface area is 122 Å². The molecule has 1 aliphatic carbocycles. The van der Waals surface area contributed by atoms with Crippen molar-refractivity contribution in [1.29, 1.82) is 0 Å². The highest BCUT2D eigenvalue weighted by atomic mass is 16.2. The van der Waals surface area contributed by atoms with Gasteiger partial charge in [-0.2, -0.15) is 0 Å². The Balaban J connectivity index is 1.70. The van der Waals surface area contributed by atoms with Crippen LogP contribution in [0.3, 0.4) is 0 Å². The van der Waals surface area contributed by atoms with E-state index in [-0.39, 0.29) is 11.3 Å². The molecule has 0 aromatic heterocycles. The van der Waals surface area contributed by atoms with Crippen LogP contribution in [0.15, 0.2) is 24.3 Å². The van der Waals surface area contributed by atoms with Crippen molar-refractivity contribution in [1.82, 2.24) is 10.6 Å². The van der Waals surface area contributed by atoms with Crippen molar-refractivity contribution in [3.63, 3.8) is 0 Å². The molecule has 1 aliphatic rings. The third-order valence-corrected chi connectivity index (χ3v) is 3.87. The van der Waals surface area contributed by atoms with E-state index in [9.17, 15) is 4.79 Å². The molecule has 1 atom stereocenters. The van der Waals surface area contributed by atoms with Gasteiger partial charge in [0.05, 0.1) is 0 Å². The maximum atomic E-state index is 11.7. The smallest absolute Gasteiger partial charge is 0.225 e. The van der Waals surface area contributed by atoms with Gasteiger partial charge in [0.15, 0.2) is 0 Å². The predicted octanol–water partition coefficient (Wildman–Crippen LogP) is 2.30. The number of carbonyl (C=O) groups is 1. The van der Waals surface area contributed by atoms with E-state index in [0.29, 0.717) is 12.6 Å². The van der Waals surface area contributed by atoms with Crippen LogP contribution in [0.1, 0.15) is 38.3 Å². The fourth-order valence-corrected chi connectivity index (χ4v) is 2.59. The lowest BCUT2D eigenvalue weighted by Crippen LogP contribution is -2.42. The van der Waals surface area contributed by atoms with Gasteiger partial charge >= 0.3 is 0 Å². The highest BCUT2D eigenvalue weighted by Crippen LogP contribution is 2.20. The van der Waals surface area contributed by atoms with Crippen LogP contribution < -0.4 is 10.6 Å². The summed E-state index contributed by atoms with van der Waals surface area (Å²) < 4.78 is 0. The zero-order valence-electron chi connectivity index (χ0n) is 12.8. The zero-order valence-corrected chi connectivity index (χ0v) is 12.8. The zero-order chi connectivity index (χ0) is 14.6. The molecular formula is C17H26N2O. The Kier molecular flexibility index (Phi) is 4.81. The van der Waals surface area contributed by atoms with Crippen molar-refractivity contribution in [2.24, 2.45) is 5.41 Å². The summed E-state index contributed by atoms with van der Waals surface area (Å²) in [7, 11) is 0. The van der Waals surface area contributed by atoms with E-state index in [4.69, 9.17) is 0 Å². The molecule has 1 aromatic carbocycles. The topological polar surface area (TPSA) is 41.1 Å². The molecule has 0 radical (unpaired) electrons. The third-order valence-electron chi connectivity index (χ3n) is 3.87. The molecule has 1 aromatic rings. The fraction of sp³-hybridized carbons (Fsp3) is 0.588. The molecule has 110 valence electrons. The van der Waals surface area contributed by atoms with Crippen LogP contribution in [0.25, 0.3) is 0 Å². The van der Waals surface area contributed by atoms with Crippen molar-refractivity contribution in [2.45, 2.75) is 46.1 Å². The first kappa shape index (κ1) is 15.0. The molecule has 20 heavy (non-hydrogen) atoms. The van der Waals surface area contributed by atoms with Gasteiger partial charge in [0.2, 0.25) is 5.91 Å². The fourth-order valence-electron chi connectivity index (χ4n) is 2.59. The van der Waals surface area contributed by atoms with Gasteiger partial charge in [0.1, 0.15) is 0 Å². The molecule has 0 saturated heterocycles. The minimum atomic E-state index is -0.302. The second-order valence-corrected chi connectivity index (χ2v) is 6.67. The second kappa shape index (κ2) is 6.40. The molecule has 3 nitrogen and oxygen atoms in total. The maximum absolute atomic E-state index is 11.7. The SMILES string of the molecule is CC(C)(C)C(=O)NCCN[C@H]1CCc2ccccc2C1. The lowest BCUT2D eigenvalue weighted by Gasteiger charge is -2.26. The Morgan fingerprint density at radius 2 is 1.90 bits per heavy atom. The van der Waals surface area contributed by atoms with Crippen LogP contribution in [0.2, 0.25) is 0 Å². The molecule has 0 spiro atoms. The van der Waals surface area contributed by atoms with Crippen molar-refractivity contribution >= 4 is 5.91 Å². The van der Waals surface area contributed by atoms with Crippen molar-refractivity contribution in [2.75, 3.05) is 13.1 Å². The van der Waals surface area contributed by atoms with E-state index in [0.717, 1.165) is 19.4 Å². The van der Waals surface area contributed by atoms with E-state index in [1.165, 1.54) is 17.5 Å². The number of amides is 1. The van der Waals surface area contributed by atoms with E-state index < -0.39 is 0 Å². The standard InChI is InChI=1S/C17H26N2O/c1-17(2,3)16(20)19-11-10-18-15-9-8-13-6-4-5-7-14(13)12-15/h4-7,15,18H,8-12H2,1-3H3,(H,19,20)/t15-/m0/s1. The molecule has 0 unspecified atom stereocenters. The summed E-state index contributed by atoms with van der Waals surface area (Å²) in [5.74, 6) is 0.119. The highest BCUT2D eigenvalue weighted by molar-refractivity contribution is 5.81. The molecule has 2 N–H and O–H groups in total. The molecule has 0 bridgehead atoms. The van der Waals surface area contributed by atoms with Gasteiger partial charge in [0, 0.05) is 24.5 Å². The molecule has 0 saturated carbocycles. The molecule has 0 fully saturated rings. The van der Waals surface area contributed by atoms with Gasteiger partial charge in [-0.15, -0.1) is 0 Å². The summed E-state index contributed by atoms with van der Waals surface area (Å²) in [6.07, 6.45) is 3.44. The van der Waals surface area contributed by atoms with E-state index in [1.807, 2.05) is 20.8 Å². The first-order chi connectivity index (χ1) is 9.47. The largest absolute Gasteiger partial charge is 0.354 e. The first-order valence-corrected chi connectivity index (χ1v) is 7.55. The van der Waals surface area contributed by atoms with Gasteiger partial charge in [0.25, 0.3) is 0 Å². The first-order valence-electron chi connectivity index (χ1n) is 7.55. The highest BCUT2D eigenvalue weighted by Gasteiger charge is 2.21. The average molecular weight is 274 g/mol. The van der Waals surface area contributed by atoms with Crippen molar-refractivity contribution in [3.05, 3.63) is 35.4 Å². The number of fused-ring (bicyclic) bond motifs is 1. The monoisotopic (exact) mass is 274 g/mol. The van der Waals surface area contributed by atoms with Crippen LogP contribution in [0, 0.1) is 5.41 Å². The number of rotatable bonds is 4. The Bertz CT molecular complexity index is 462.